The SMILES string of the molecule is CC/C=C\C/C=C\C/C=C\C/C=C\C/C=C\C/C=C\CCC(=O)OCC(COP(=O)(O)OCC(O)COP(=O)(O)OCC(COC(=O)CCCC/C=C\C/C=C\C/C=C\C/C=C\CC)OC(=O)CCCCCCC/C=C\CCCCCC)OC(=O)CCC/C=C\C/C=C\C/C=C\C/C=C\C/C=C\CC. The van der Waals surface area contributed by atoms with Crippen LogP contribution in [0, 0.1) is 0 Å². The lowest BCUT2D eigenvalue weighted by Gasteiger charge is -2.21. The Labute approximate surface area is 627 Å². The van der Waals surface area contributed by atoms with Crippen molar-refractivity contribution < 1.29 is 80.2 Å². The minimum Gasteiger partial charge on any atom is -0.462 e. The fourth-order valence-corrected chi connectivity index (χ4v) is 10.8. The van der Waals surface area contributed by atoms with Gasteiger partial charge in [-0.2, -0.15) is 0 Å². The molecule has 0 aromatic carbocycles. The van der Waals surface area contributed by atoms with Crippen molar-refractivity contribution in [3.05, 3.63) is 194 Å². The number of rotatable bonds is 70. The average molecular weight is 1490 g/mol. The van der Waals surface area contributed by atoms with E-state index in [1.54, 1.807) is 0 Å². The number of phosphoric acid groups is 2. The van der Waals surface area contributed by atoms with Gasteiger partial charge in [-0.15, -0.1) is 0 Å². The van der Waals surface area contributed by atoms with Gasteiger partial charge in [0.25, 0.3) is 0 Å². The second kappa shape index (κ2) is 75.1. The van der Waals surface area contributed by atoms with Crippen LogP contribution in [0.1, 0.15) is 259 Å². The molecule has 0 aromatic rings. The van der Waals surface area contributed by atoms with E-state index in [4.69, 9.17) is 37.0 Å². The Hall–Kier alpha value is -6.10. The topological polar surface area (TPSA) is 237 Å². The molecule has 0 aliphatic carbocycles. The first-order valence-corrected chi connectivity index (χ1v) is 41.7. The van der Waals surface area contributed by atoms with Crippen LogP contribution in [0.25, 0.3) is 0 Å². The highest BCUT2D eigenvalue weighted by Gasteiger charge is 2.30. The Kier molecular flexibility index (Phi) is 70.7. The number of allylic oxidation sites excluding steroid dienone is 32. The highest BCUT2D eigenvalue weighted by atomic mass is 31.2. The van der Waals surface area contributed by atoms with Crippen LogP contribution in [-0.2, 0) is 65.4 Å². The van der Waals surface area contributed by atoms with Crippen LogP contribution in [0.2, 0.25) is 0 Å². The number of ether oxygens (including phenoxy) is 4. The second-order valence-electron chi connectivity index (χ2n) is 24.8. The summed E-state index contributed by atoms with van der Waals surface area (Å²) < 4.78 is 68.3. The van der Waals surface area contributed by atoms with E-state index in [1.807, 2.05) is 30.4 Å². The molecule has 586 valence electrons. The van der Waals surface area contributed by atoms with Gasteiger partial charge in [-0.05, 0) is 167 Å². The van der Waals surface area contributed by atoms with Gasteiger partial charge in [-0.3, -0.25) is 37.3 Å². The maximum Gasteiger partial charge on any atom is 0.472 e. The molecular weight excluding hydrogens is 1350 g/mol. The minimum atomic E-state index is -5.02. The van der Waals surface area contributed by atoms with E-state index in [1.165, 1.54) is 25.7 Å². The zero-order chi connectivity index (χ0) is 76.0. The quantitative estimate of drug-likeness (QED) is 0.0169. The lowest BCUT2D eigenvalue weighted by Crippen LogP contribution is -2.30. The molecule has 0 rings (SSSR count). The number of aliphatic hydroxyl groups is 1. The average Bonchev–Trinajstić information content (AvgIpc) is 0.911. The van der Waals surface area contributed by atoms with Gasteiger partial charge in [-0.25, -0.2) is 9.13 Å². The molecule has 0 heterocycles. The smallest absolute Gasteiger partial charge is 0.462 e. The van der Waals surface area contributed by atoms with Gasteiger partial charge >= 0.3 is 39.5 Å². The van der Waals surface area contributed by atoms with Crippen LogP contribution in [0.3, 0.4) is 0 Å². The predicted molar refractivity (Wildman–Crippen MR) is 426 cm³/mol. The highest BCUT2D eigenvalue weighted by Crippen LogP contribution is 2.45. The third-order valence-corrected chi connectivity index (χ3v) is 16.9. The Morgan fingerprint density at radius 3 is 0.894 bits per heavy atom. The molecule has 5 unspecified atom stereocenters. The van der Waals surface area contributed by atoms with Crippen LogP contribution >= 0.6 is 15.6 Å². The Morgan fingerprint density at radius 2 is 0.529 bits per heavy atom. The highest BCUT2D eigenvalue weighted by molar-refractivity contribution is 7.47. The van der Waals surface area contributed by atoms with E-state index in [-0.39, 0.29) is 25.7 Å². The molecule has 17 nitrogen and oxygen atoms in total. The molecule has 0 radical (unpaired) electrons. The van der Waals surface area contributed by atoms with Gasteiger partial charge in [0.2, 0.25) is 0 Å². The van der Waals surface area contributed by atoms with Gasteiger partial charge in [0.05, 0.1) is 26.4 Å². The van der Waals surface area contributed by atoms with Gasteiger partial charge in [0.15, 0.2) is 12.2 Å². The van der Waals surface area contributed by atoms with Crippen molar-refractivity contribution in [2.75, 3.05) is 39.6 Å². The van der Waals surface area contributed by atoms with Crippen LogP contribution in [-0.4, -0.2) is 96.7 Å². The molecule has 19 heteroatoms. The van der Waals surface area contributed by atoms with Gasteiger partial charge in [-0.1, -0.05) is 261 Å². The van der Waals surface area contributed by atoms with Gasteiger partial charge < -0.3 is 33.8 Å². The molecule has 0 saturated carbocycles. The number of aliphatic hydroxyl groups excluding tert-OH is 1. The molecule has 3 N–H and O–H groups in total. The van der Waals surface area contributed by atoms with Crippen LogP contribution in [0.15, 0.2) is 194 Å². The van der Waals surface area contributed by atoms with Crippen molar-refractivity contribution in [1.29, 1.82) is 0 Å². The molecule has 0 saturated heterocycles. The molecule has 0 amide bonds. The van der Waals surface area contributed by atoms with E-state index in [0.717, 1.165) is 141 Å². The third-order valence-electron chi connectivity index (χ3n) is 15.0. The zero-order valence-electron chi connectivity index (χ0n) is 63.9. The summed E-state index contributed by atoms with van der Waals surface area (Å²) in [5.74, 6) is -2.42. The summed E-state index contributed by atoms with van der Waals surface area (Å²) in [6.07, 6.45) is 91.6. The molecule has 0 bridgehead atoms. The summed E-state index contributed by atoms with van der Waals surface area (Å²) in [6, 6.07) is 0. The van der Waals surface area contributed by atoms with E-state index in [9.17, 15) is 43.2 Å². The largest absolute Gasteiger partial charge is 0.472 e. The number of unbranched alkanes of at least 4 members (excludes halogenated alkanes) is 12. The van der Waals surface area contributed by atoms with E-state index < -0.39 is 97.5 Å². The monoisotopic (exact) mass is 1490 g/mol. The number of hydrogen-bond donors (Lipinski definition) is 3. The fraction of sp³-hybridized carbons (Fsp3) is 0.576. The summed E-state index contributed by atoms with van der Waals surface area (Å²) in [7, 11) is -10.0. The lowest BCUT2D eigenvalue weighted by atomic mass is 10.1. The van der Waals surface area contributed by atoms with Crippen molar-refractivity contribution in [2.24, 2.45) is 0 Å². The Morgan fingerprint density at radius 1 is 0.279 bits per heavy atom. The van der Waals surface area contributed by atoms with E-state index in [0.29, 0.717) is 38.5 Å². The summed E-state index contributed by atoms with van der Waals surface area (Å²) in [4.78, 5) is 72.9. The van der Waals surface area contributed by atoms with Crippen molar-refractivity contribution in [3.8, 4) is 0 Å². The maximum absolute atomic E-state index is 13.1. The Bertz CT molecular complexity index is 2740. The van der Waals surface area contributed by atoms with Crippen LogP contribution < -0.4 is 0 Å². The van der Waals surface area contributed by atoms with E-state index in [2.05, 4.69) is 192 Å². The zero-order valence-corrected chi connectivity index (χ0v) is 65.6. The lowest BCUT2D eigenvalue weighted by molar-refractivity contribution is -0.161. The second-order valence-corrected chi connectivity index (χ2v) is 27.7. The third kappa shape index (κ3) is 74.2. The molecule has 0 spiro atoms. The molecule has 0 aliphatic rings. The summed E-state index contributed by atoms with van der Waals surface area (Å²) in [5, 5.41) is 10.6. The van der Waals surface area contributed by atoms with Crippen molar-refractivity contribution in [2.45, 2.75) is 277 Å². The van der Waals surface area contributed by atoms with Gasteiger partial charge in [0, 0.05) is 25.7 Å². The summed E-state index contributed by atoms with van der Waals surface area (Å²) in [6.45, 7) is 4.26. The molecule has 0 aromatic heterocycles. The maximum atomic E-state index is 13.1. The Balaban J connectivity index is 5.54. The van der Waals surface area contributed by atoms with E-state index >= 15 is 0 Å². The van der Waals surface area contributed by atoms with Gasteiger partial charge in [0.1, 0.15) is 19.3 Å². The molecule has 5 atom stereocenters. The number of carbonyl (C=O) groups excluding carboxylic acids is 4. The number of carbonyl (C=O) groups is 4. The van der Waals surface area contributed by atoms with Crippen LogP contribution in [0.5, 0.6) is 0 Å². The standard InChI is InChI=1S/C85H134O17P2/c1-5-9-13-17-21-25-29-33-36-38-39-41-43-47-50-54-58-62-66-70-83(88)96-76-81(102-85(90)72-68-64-60-56-52-48-44-40-37-34-30-26-22-18-14-10-6-2)78-100-104(93,94)98-74-79(86)73-97-103(91,92)99-77-80(101-84(89)71-67-63-59-55-51-45-32-28-24-20-16-12-8-4)75-95-82(87)69-65-61-57-53-49-46-42-35-31-27-23-19-15-11-7-3/h9-11,13-15,21-23,25-28,32-37,39,41-42,44,47-50,53,56,58,60,62,79-81,86H,5-8,12,16-20,24,29-31,38,40,43,45-46,51-52,54-55,57,59,61,63-78H2,1-4H3,(H,91,92)(H,93,94)/b13-9-,14-10-,15-11-,25-21-,26-22-,27-23-,32-28-,36-33-,37-34-,41-39-,42-35-,48-44-,50-47-,53-49-,60-56-,62-58-. The number of hydrogen-bond acceptors (Lipinski definition) is 15. The predicted octanol–water partition coefficient (Wildman–Crippen LogP) is 22.5. The van der Waals surface area contributed by atoms with Crippen molar-refractivity contribution in [1.82, 2.24) is 0 Å². The molecule has 0 aliphatic heterocycles. The first-order chi connectivity index (χ1) is 50.7. The molecule has 104 heavy (non-hydrogen) atoms. The first-order valence-electron chi connectivity index (χ1n) is 38.7. The van der Waals surface area contributed by atoms with Crippen molar-refractivity contribution >= 4 is 39.5 Å². The molecule has 0 fully saturated rings. The number of phosphoric ester groups is 2. The minimum absolute atomic E-state index is 0.00861. The number of esters is 4. The fourth-order valence-electron chi connectivity index (χ4n) is 9.27. The van der Waals surface area contributed by atoms with Crippen LogP contribution in [0.4, 0.5) is 0 Å². The van der Waals surface area contributed by atoms with Crippen molar-refractivity contribution in [3.63, 3.8) is 0 Å². The summed E-state index contributed by atoms with van der Waals surface area (Å²) in [5.41, 5.74) is 0. The normalized spacial score (nSPS) is 15.0. The molecular formula is C85H134O17P2. The first kappa shape index (κ1) is 97.9. The summed E-state index contributed by atoms with van der Waals surface area (Å²) >= 11 is 0.